The van der Waals surface area contributed by atoms with Gasteiger partial charge in [-0.3, -0.25) is 4.90 Å². The zero-order chi connectivity index (χ0) is 13.0. The molecule has 0 aromatic heterocycles. The van der Waals surface area contributed by atoms with Gasteiger partial charge in [-0.05, 0) is 50.6 Å². The minimum atomic E-state index is -0.142. The van der Waals surface area contributed by atoms with Crippen LogP contribution in [0.2, 0.25) is 0 Å². The van der Waals surface area contributed by atoms with Crippen LogP contribution >= 0.6 is 0 Å². The van der Waals surface area contributed by atoms with Crippen LogP contribution in [0.3, 0.4) is 0 Å². The molecule has 0 aromatic carbocycles. The van der Waals surface area contributed by atoms with Crippen molar-refractivity contribution in [2.75, 3.05) is 13.1 Å². The number of likely N-dealkylation sites (tertiary alicyclic amines) is 1. The quantitative estimate of drug-likeness (QED) is 0.739. The molecule has 2 rings (SSSR count). The van der Waals surface area contributed by atoms with Crippen LogP contribution in [-0.4, -0.2) is 23.5 Å². The van der Waals surface area contributed by atoms with Gasteiger partial charge in [0, 0.05) is 0 Å². The summed E-state index contributed by atoms with van der Waals surface area (Å²) < 4.78 is 0. The first kappa shape index (κ1) is 13.9. The second-order valence-electron chi connectivity index (χ2n) is 6.53. The molecule has 0 bridgehead atoms. The highest BCUT2D eigenvalue weighted by Gasteiger charge is 2.46. The highest BCUT2D eigenvalue weighted by molar-refractivity contribution is 5.14. The average Bonchev–Trinajstić information content (AvgIpc) is 2.67. The second kappa shape index (κ2) is 6.06. The lowest BCUT2D eigenvalue weighted by Gasteiger charge is -2.48. The maximum atomic E-state index is 9.91. The molecule has 1 saturated carbocycles. The Kier molecular flexibility index (Phi) is 4.67. The number of nitrogens with zero attached hydrogens (tertiary/aromatic N) is 2. The maximum absolute atomic E-state index is 9.91. The molecular formula is C16H28N2. The highest BCUT2D eigenvalue weighted by Crippen LogP contribution is 2.42. The summed E-state index contributed by atoms with van der Waals surface area (Å²) in [4.78, 5) is 2.56. The molecule has 0 spiro atoms. The summed E-state index contributed by atoms with van der Waals surface area (Å²) in [7, 11) is 0. The van der Waals surface area contributed by atoms with Crippen LogP contribution < -0.4 is 0 Å². The van der Waals surface area contributed by atoms with Gasteiger partial charge in [0.25, 0.3) is 0 Å². The third-order valence-electron chi connectivity index (χ3n) is 5.11. The maximum Gasteiger partial charge on any atom is 0.112 e. The molecule has 1 aliphatic heterocycles. The monoisotopic (exact) mass is 248 g/mol. The van der Waals surface area contributed by atoms with Crippen LogP contribution in [0.15, 0.2) is 0 Å². The molecule has 1 heterocycles. The van der Waals surface area contributed by atoms with Crippen molar-refractivity contribution in [1.82, 2.24) is 4.90 Å². The molecule has 2 heteroatoms. The van der Waals surface area contributed by atoms with E-state index in [2.05, 4.69) is 24.8 Å². The van der Waals surface area contributed by atoms with E-state index in [0.29, 0.717) is 11.8 Å². The fourth-order valence-corrected chi connectivity index (χ4v) is 4.14. The Morgan fingerprint density at radius 1 is 1.06 bits per heavy atom. The van der Waals surface area contributed by atoms with Gasteiger partial charge < -0.3 is 0 Å². The van der Waals surface area contributed by atoms with Gasteiger partial charge >= 0.3 is 0 Å². The van der Waals surface area contributed by atoms with Gasteiger partial charge in [-0.25, -0.2) is 0 Å². The lowest BCUT2D eigenvalue weighted by molar-refractivity contribution is 0.0252. The van der Waals surface area contributed by atoms with Gasteiger partial charge in [0.15, 0.2) is 0 Å². The third-order valence-corrected chi connectivity index (χ3v) is 5.11. The van der Waals surface area contributed by atoms with E-state index in [9.17, 15) is 5.26 Å². The fraction of sp³-hybridized carbons (Fsp3) is 0.938. The molecule has 0 aromatic rings. The molecule has 1 saturated heterocycles. The van der Waals surface area contributed by atoms with Crippen LogP contribution in [0.1, 0.15) is 65.2 Å². The smallest absolute Gasteiger partial charge is 0.112 e. The molecule has 2 fully saturated rings. The van der Waals surface area contributed by atoms with E-state index in [1.54, 1.807) is 0 Å². The Morgan fingerprint density at radius 3 is 2.28 bits per heavy atom. The Labute approximate surface area is 112 Å². The first-order valence-corrected chi connectivity index (χ1v) is 7.87. The van der Waals surface area contributed by atoms with E-state index < -0.39 is 0 Å². The Hall–Kier alpha value is -0.550. The number of nitriles is 1. The topological polar surface area (TPSA) is 27.0 Å². The first-order valence-electron chi connectivity index (χ1n) is 7.87. The second-order valence-corrected chi connectivity index (χ2v) is 6.53. The zero-order valence-corrected chi connectivity index (χ0v) is 12.1. The average molecular weight is 248 g/mol. The van der Waals surface area contributed by atoms with Crippen LogP contribution in [0, 0.1) is 23.2 Å². The lowest BCUT2D eigenvalue weighted by Crippen LogP contribution is -2.56. The van der Waals surface area contributed by atoms with Crippen molar-refractivity contribution >= 4 is 0 Å². The molecule has 2 aliphatic rings. The molecule has 2 unspecified atom stereocenters. The minimum absolute atomic E-state index is 0.142. The summed E-state index contributed by atoms with van der Waals surface area (Å²) in [5.41, 5.74) is -0.142. The van der Waals surface area contributed by atoms with E-state index in [-0.39, 0.29) is 5.54 Å². The van der Waals surface area contributed by atoms with Crippen molar-refractivity contribution in [2.45, 2.75) is 70.8 Å². The van der Waals surface area contributed by atoms with Crippen LogP contribution in [0.4, 0.5) is 0 Å². The molecule has 0 radical (unpaired) electrons. The van der Waals surface area contributed by atoms with E-state index in [0.717, 1.165) is 19.5 Å². The van der Waals surface area contributed by atoms with Gasteiger partial charge in [0.05, 0.1) is 6.07 Å². The first-order chi connectivity index (χ1) is 8.70. The predicted molar refractivity (Wildman–Crippen MR) is 75.2 cm³/mol. The number of hydrogen-bond acceptors (Lipinski definition) is 2. The summed E-state index contributed by atoms with van der Waals surface area (Å²) in [5.74, 6) is 1.21. The standard InChI is InChI=1S/C16H28N2/c1-14(2)15-9-5-6-10-16(15,13-17)18-11-7-3-4-8-12-18/h14-15H,3-12H2,1-2H3. The van der Waals surface area contributed by atoms with Crippen molar-refractivity contribution in [3.63, 3.8) is 0 Å². The molecule has 18 heavy (non-hydrogen) atoms. The molecule has 1 aliphatic carbocycles. The minimum Gasteiger partial charge on any atom is -0.285 e. The predicted octanol–water partition coefficient (Wildman–Crippen LogP) is 3.97. The van der Waals surface area contributed by atoms with Crippen LogP contribution in [0.25, 0.3) is 0 Å². The Bertz CT molecular complexity index is 297. The van der Waals surface area contributed by atoms with E-state index in [1.807, 2.05) is 0 Å². The van der Waals surface area contributed by atoms with E-state index in [4.69, 9.17) is 0 Å². The molecule has 2 atom stereocenters. The fourth-order valence-electron chi connectivity index (χ4n) is 4.14. The largest absolute Gasteiger partial charge is 0.285 e. The third kappa shape index (κ3) is 2.57. The highest BCUT2D eigenvalue weighted by atomic mass is 15.2. The summed E-state index contributed by atoms with van der Waals surface area (Å²) in [6.07, 6.45) is 10.2. The van der Waals surface area contributed by atoms with Gasteiger partial charge in [-0.2, -0.15) is 5.26 Å². The van der Waals surface area contributed by atoms with Crippen LogP contribution in [-0.2, 0) is 0 Å². The number of rotatable bonds is 2. The summed E-state index contributed by atoms with van der Waals surface area (Å²) in [6, 6.07) is 2.77. The van der Waals surface area contributed by atoms with Crippen molar-refractivity contribution in [3.8, 4) is 6.07 Å². The molecular weight excluding hydrogens is 220 g/mol. The summed E-state index contributed by atoms with van der Waals surface area (Å²) in [6.45, 7) is 6.91. The normalized spacial score (nSPS) is 35.1. The van der Waals surface area contributed by atoms with E-state index in [1.165, 1.54) is 44.9 Å². The van der Waals surface area contributed by atoms with Crippen molar-refractivity contribution < 1.29 is 0 Å². The van der Waals surface area contributed by atoms with Crippen molar-refractivity contribution in [2.24, 2.45) is 11.8 Å². The molecule has 0 N–H and O–H groups in total. The van der Waals surface area contributed by atoms with Crippen molar-refractivity contribution in [1.29, 1.82) is 5.26 Å². The molecule has 102 valence electrons. The Balaban J connectivity index is 2.22. The van der Waals surface area contributed by atoms with Crippen molar-refractivity contribution in [3.05, 3.63) is 0 Å². The van der Waals surface area contributed by atoms with Gasteiger partial charge in [-0.1, -0.05) is 39.5 Å². The SMILES string of the molecule is CC(C)C1CCCCC1(C#N)N1CCCCCC1. The van der Waals surface area contributed by atoms with Gasteiger partial charge in [0.1, 0.15) is 5.54 Å². The van der Waals surface area contributed by atoms with Gasteiger partial charge in [0.2, 0.25) is 0 Å². The molecule has 2 nitrogen and oxygen atoms in total. The summed E-state index contributed by atoms with van der Waals surface area (Å²) in [5, 5.41) is 9.91. The van der Waals surface area contributed by atoms with Gasteiger partial charge in [-0.15, -0.1) is 0 Å². The van der Waals surface area contributed by atoms with Crippen LogP contribution in [0.5, 0.6) is 0 Å². The van der Waals surface area contributed by atoms with E-state index >= 15 is 0 Å². The Morgan fingerprint density at radius 2 is 1.72 bits per heavy atom. The lowest BCUT2D eigenvalue weighted by atomic mass is 9.67. The number of hydrogen-bond donors (Lipinski definition) is 0. The summed E-state index contributed by atoms with van der Waals surface area (Å²) >= 11 is 0. The zero-order valence-electron chi connectivity index (χ0n) is 12.1. The molecule has 0 amide bonds.